The fourth-order valence-corrected chi connectivity index (χ4v) is 3.05. The molecule has 0 bridgehead atoms. The molecule has 2 N–H and O–H groups in total. The summed E-state index contributed by atoms with van der Waals surface area (Å²) >= 11 is 0. The Morgan fingerprint density at radius 2 is 2.30 bits per heavy atom. The van der Waals surface area contributed by atoms with E-state index in [1.807, 2.05) is 31.3 Å². The lowest BCUT2D eigenvalue weighted by Gasteiger charge is -2.04. The molecule has 0 unspecified atom stereocenters. The molecule has 0 saturated carbocycles. The second-order valence-electron chi connectivity index (χ2n) is 5.72. The summed E-state index contributed by atoms with van der Waals surface area (Å²) in [6.07, 6.45) is 2.78. The number of H-pyrrole nitrogens is 1. The van der Waals surface area contributed by atoms with Crippen molar-refractivity contribution in [3.05, 3.63) is 47.3 Å². The Labute approximate surface area is 133 Å². The third kappa shape index (κ3) is 2.36. The van der Waals surface area contributed by atoms with Crippen LogP contribution in [0.15, 0.2) is 30.5 Å². The summed E-state index contributed by atoms with van der Waals surface area (Å²) in [4.78, 5) is 15.6. The number of nitrogens with one attached hydrogen (secondary N) is 2. The van der Waals surface area contributed by atoms with E-state index in [1.165, 1.54) is 10.9 Å². The lowest BCUT2D eigenvalue weighted by atomic mass is 10.1. The van der Waals surface area contributed by atoms with E-state index < -0.39 is 0 Å². The van der Waals surface area contributed by atoms with Gasteiger partial charge in [-0.1, -0.05) is 18.2 Å². The highest BCUT2D eigenvalue weighted by Gasteiger charge is 2.24. The summed E-state index contributed by atoms with van der Waals surface area (Å²) in [6.45, 7) is 3.78. The monoisotopic (exact) mass is 310 g/mol. The summed E-state index contributed by atoms with van der Waals surface area (Å²) < 4.78 is 7.24. The van der Waals surface area contributed by atoms with E-state index in [9.17, 15) is 4.79 Å². The van der Waals surface area contributed by atoms with Gasteiger partial charge < -0.3 is 15.0 Å². The molecular weight excluding hydrogens is 292 g/mol. The molecule has 0 aliphatic carbocycles. The Morgan fingerprint density at radius 1 is 1.43 bits per heavy atom. The number of hydrogen-bond donors (Lipinski definition) is 2. The molecule has 1 aromatic carbocycles. The zero-order chi connectivity index (χ0) is 15.8. The lowest BCUT2D eigenvalue weighted by molar-refractivity contribution is 0.0947. The van der Waals surface area contributed by atoms with Crippen LogP contribution in [0, 0.1) is 6.92 Å². The lowest BCUT2D eigenvalue weighted by Crippen LogP contribution is -2.27. The second-order valence-corrected chi connectivity index (χ2v) is 5.72. The van der Waals surface area contributed by atoms with Crippen molar-refractivity contribution >= 4 is 16.8 Å². The molecule has 3 heterocycles. The van der Waals surface area contributed by atoms with Gasteiger partial charge in [-0.15, -0.1) is 0 Å². The van der Waals surface area contributed by atoms with Gasteiger partial charge in [0.25, 0.3) is 5.91 Å². The van der Waals surface area contributed by atoms with Crippen LogP contribution in [0.1, 0.15) is 21.6 Å². The maximum Gasteiger partial charge on any atom is 0.272 e. The fraction of sp³-hybridized carbons (Fsp3) is 0.294. The van der Waals surface area contributed by atoms with Crippen molar-refractivity contribution in [2.24, 2.45) is 0 Å². The number of fused-ring (bicyclic) bond motifs is 2. The molecule has 0 radical (unpaired) electrons. The van der Waals surface area contributed by atoms with Gasteiger partial charge in [-0.25, -0.2) is 4.68 Å². The number of para-hydroxylation sites is 1. The van der Waals surface area contributed by atoms with Crippen molar-refractivity contribution in [2.45, 2.75) is 19.9 Å². The molecule has 6 heteroatoms. The van der Waals surface area contributed by atoms with Crippen LogP contribution in [0.4, 0.5) is 0 Å². The summed E-state index contributed by atoms with van der Waals surface area (Å²) in [5.41, 5.74) is 3.59. The van der Waals surface area contributed by atoms with E-state index >= 15 is 0 Å². The number of hydrogen-bond acceptors (Lipinski definition) is 3. The van der Waals surface area contributed by atoms with Crippen molar-refractivity contribution < 1.29 is 9.53 Å². The summed E-state index contributed by atoms with van der Waals surface area (Å²) in [5, 5.41) is 8.48. The largest absolute Gasteiger partial charge is 0.476 e. The van der Waals surface area contributed by atoms with E-state index in [0.717, 1.165) is 17.5 Å². The average molecular weight is 310 g/mol. The first-order valence-electron chi connectivity index (χ1n) is 7.77. The number of benzene rings is 1. The first-order chi connectivity index (χ1) is 11.2. The smallest absolute Gasteiger partial charge is 0.272 e. The van der Waals surface area contributed by atoms with Crippen LogP contribution in [0.3, 0.4) is 0 Å². The molecule has 4 rings (SSSR count). The van der Waals surface area contributed by atoms with Gasteiger partial charge in [0.15, 0.2) is 5.69 Å². The minimum atomic E-state index is -0.146. The third-order valence-electron chi connectivity index (χ3n) is 4.24. The molecule has 1 amide bonds. The predicted molar refractivity (Wildman–Crippen MR) is 86.8 cm³/mol. The quantitative estimate of drug-likeness (QED) is 0.774. The molecule has 23 heavy (non-hydrogen) atoms. The topological polar surface area (TPSA) is 71.9 Å². The number of carbonyl (C=O) groups excluding carboxylic acids is 1. The van der Waals surface area contributed by atoms with E-state index in [4.69, 9.17) is 4.74 Å². The van der Waals surface area contributed by atoms with Crippen LogP contribution in [0.5, 0.6) is 5.88 Å². The van der Waals surface area contributed by atoms with Crippen LogP contribution in [0.2, 0.25) is 0 Å². The molecule has 2 aromatic heterocycles. The minimum Gasteiger partial charge on any atom is -0.476 e. The van der Waals surface area contributed by atoms with Gasteiger partial charge >= 0.3 is 0 Å². The van der Waals surface area contributed by atoms with Crippen molar-refractivity contribution in [2.75, 3.05) is 13.2 Å². The third-order valence-corrected chi connectivity index (χ3v) is 4.24. The Morgan fingerprint density at radius 3 is 3.17 bits per heavy atom. The molecule has 0 spiro atoms. The summed E-state index contributed by atoms with van der Waals surface area (Å²) in [6, 6.07) is 8.17. The standard InChI is InChI=1S/C17H18N4O2/c1-11-15(20-21-8-9-23-17(11)21)16(22)18-7-6-12-10-19-14-5-3-2-4-13(12)14/h2-5,10,19H,6-9H2,1H3,(H,18,22). The van der Waals surface area contributed by atoms with Crippen molar-refractivity contribution in [1.82, 2.24) is 20.1 Å². The number of ether oxygens (including phenoxy) is 1. The van der Waals surface area contributed by atoms with Crippen LogP contribution in [-0.4, -0.2) is 33.8 Å². The van der Waals surface area contributed by atoms with Gasteiger partial charge in [0, 0.05) is 29.2 Å². The molecule has 0 saturated heterocycles. The Balaban J connectivity index is 1.42. The van der Waals surface area contributed by atoms with Gasteiger partial charge in [-0.05, 0) is 25.0 Å². The van der Waals surface area contributed by atoms with Crippen molar-refractivity contribution in [3.63, 3.8) is 0 Å². The van der Waals surface area contributed by atoms with Crippen molar-refractivity contribution in [1.29, 1.82) is 0 Å². The van der Waals surface area contributed by atoms with Crippen LogP contribution < -0.4 is 10.1 Å². The highest BCUT2D eigenvalue weighted by atomic mass is 16.5. The first-order valence-corrected chi connectivity index (χ1v) is 7.77. The zero-order valence-corrected chi connectivity index (χ0v) is 12.9. The van der Waals surface area contributed by atoms with E-state index in [-0.39, 0.29) is 5.91 Å². The van der Waals surface area contributed by atoms with Crippen LogP contribution >= 0.6 is 0 Å². The first kappa shape index (κ1) is 13.9. The maximum absolute atomic E-state index is 12.3. The number of amides is 1. The number of rotatable bonds is 4. The molecule has 0 fully saturated rings. The van der Waals surface area contributed by atoms with E-state index in [1.54, 1.807) is 4.68 Å². The Hall–Kier alpha value is -2.76. The predicted octanol–water partition coefficient (Wildman–Crippen LogP) is 2.04. The second kappa shape index (κ2) is 5.46. The molecule has 1 aliphatic rings. The molecule has 6 nitrogen and oxygen atoms in total. The Bertz CT molecular complexity index is 878. The minimum absolute atomic E-state index is 0.146. The average Bonchev–Trinajstić information content (AvgIpc) is 3.24. The fourth-order valence-electron chi connectivity index (χ4n) is 3.05. The van der Waals surface area contributed by atoms with Gasteiger partial charge in [0.1, 0.15) is 6.61 Å². The van der Waals surface area contributed by atoms with Gasteiger partial charge in [-0.3, -0.25) is 4.79 Å². The molecular formula is C17H18N4O2. The van der Waals surface area contributed by atoms with E-state index in [0.29, 0.717) is 31.3 Å². The maximum atomic E-state index is 12.3. The Kier molecular flexibility index (Phi) is 3.29. The van der Waals surface area contributed by atoms with Gasteiger partial charge in [0.05, 0.1) is 6.54 Å². The highest BCUT2D eigenvalue weighted by molar-refractivity contribution is 5.94. The summed E-state index contributed by atoms with van der Waals surface area (Å²) in [5.74, 6) is 0.569. The molecule has 1 aliphatic heterocycles. The summed E-state index contributed by atoms with van der Waals surface area (Å²) in [7, 11) is 0. The van der Waals surface area contributed by atoms with Crippen LogP contribution in [0.25, 0.3) is 10.9 Å². The molecule has 0 atom stereocenters. The number of nitrogens with zero attached hydrogens (tertiary/aromatic N) is 2. The van der Waals surface area contributed by atoms with Crippen LogP contribution in [-0.2, 0) is 13.0 Å². The molecule has 118 valence electrons. The number of aromatic amines is 1. The van der Waals surface area contributed by atoms with Crippen molar-refractivity contribution in [3.8, 4) is 5.88 Å². The zero-order valence-electron chi connectivity index (χ0n) is 12.9. The van der Waals surface area contributed by atoms with Gasteiger partial charge in [0.2, 0.25) is 5.88 Å². The molecule has 3 aromatic rings. The normalized spacial score (nSPS) is 13.1. The van der Waals surface area contributed by atoms with E-state index in [2.05, 4.69) is 21.5 Å². The number of carbonyl (C=O) groups is 1. The van der Waals surface area contributed by atoms with Gasteiger partial charge in [-0.2, -0.15) is 5.10 Å². The number of aromatic nitrogens is 3. The SMILES string of the molecule is Cc1c(C(=O)NCCc2c[nH]c3ccccc23)nn2c1OCC2. The highest BCUT2D eigenvalue weighted by Crippen LogP contribution is 2.25.